The van der Waals surface area contributed by atoms with Gasteiger partial charge in [-0.05, 0) is 60.0 Å². The number of hydrogen-bond donors (Lipinski definition) is 1. The van der Waals surface area contributed by atoms with Gasteiger partial charge in [-0.25, -0.2) is 0 Å². The summed E-state index contributed by atoms with van der Waals surface area (Å²) in [5, 5.41) is 8.97. The predicted octanol–water partition coefficient (Wildman–Crippen LogP) is 6.53. The second-order valence-corrected chi connectivity index (χ2v) is 7.08. The molecule has 166 valence electrons. The summed E-state index contributed by atoms with van der Waals surface area (Å²) in [5.41, 5.74) is 1.45. The fraction of sp³-hybridized carbons (Fsp3) is 0.160. The third-order valence-corrected chi connectivity index (χ3v) is 4.54. The maximum Gasteiger partial charge on any atom is 0.416 e. The standard InChI is InChI=1S/C25H21F3O4/c1-17-7-8-19(15-24(29)30)14-23(17)32-22-6-2-5-21(16-22)31-13-3-4-18-9-11-20(12-10-18)25(26,27)28/h2-12,14,16H,13,15H2,1H3,(H,29,30)/b4-3+. The molecule has 0 amide bonds. The maximum atomic E-state index is 12.6. The fourth-order valence-electron chi connectivity index (χ4n) is 2.91. The van der Waals surface area contributed by atoms with Crippen LogP contribution < -0.4 is 9.47 Å². The molecule has 3 aromatic carbocycles. The number of alkyl halides is 3. The molecule has 0 heterocycles. The SMILES string of the molecule is Cc1ccc(CC(=O)O)cc1Oc1cccc(OC/C=C/c2ccc(C(F)(F)F)cc2)c1. The predicted molar refractivity (Wildman–Crippen MR) is 115 cm³/mol. The number of aryl methyl sites for hydroxylation is 1. The molecule has 32 heavy (non-hydrogen) atoms. The summed E-state index contributed by atoms with van der Waals surface area (Å²) in [6.45, 7) is 2.09. The minimum atomic E-state index is -4.35. The highest BCUT2D eigenvalue weighted by atomic mass is 19.4. The van der Waals surface area contributed by atoms with Gasteiger partial charge in [0.1, 0.15) is 23.9 Å². The Hall–Kier alpha value is -3.74. The third-order valence-electron chi connectivity index (χ3n) is 4.54. The normalized spacial score (nSPS) is 11.5. The van der Waals surface area contributed by atoms with Crippen molar-refractivity contribution in [2.45, 2.75) is 19.5 Å². The second-order valence-electron chi connectivity index (χ2n) is 7.08. The largest absolute Gasteiger partial charge is 0.489 e. The van der Waals surface area contributed by atoms with E-state index in [1.165, 1.54) is 12.1 Å². The Balaban J connectivity index is 1.60. The molecule has 0 radical (unpaired) electrons. The van der Waals surface area contributed by atoms with Crippen molar-refractivity contribution in [2.75, 3.05) is 6.61 Å². The zero-order valence-corrected chi connectivity index (χ0v) is 17.2. The molecule has 3 rings (SSSR count). The first-order valence-corrected chi connectivity index (χ1v) is 9.76. The number of hydrogen-bond acceptors (Lipinski definition) is 3. The van der Waals surface area contributed by atoms with Crippen LogP contribution in [0.5, 0.6) is 17.2 Å². The van der Waals surface area contributed by atoms with Crippen LogP contribution in [0.25, 0.3) is 6.08 Å². The van der Waals surface area contributed by atoms with Gasteiger partial charge < -0.3 is 14.6 Å². The molecular weight excluding hydrogens is 421 g/mol. The fourth-order valence-corrected chi connectivity index (χ4v) is 2.91. The average molecular weight is 442 g/mol. The van der Waals surface area contributed by atoms with Crippen molar-refractivity contribution in [3.8, 4) is 17.2 Å². The van der Waals surface area contributed by atoms with Gasteiger partial charge in [-0.2, -0.15) is 13.2 Å². The zero-order chi connectivity index (χ0) is 23.1. The smallest absolute Gasteiger partial charge is 0.416 e. The van der Waals surface area contributed by atoms with E-state index in [-0.39, 0.29) is 13.0 Å². The number of benzene rings is 3. The van der Waals surface area contributed by atoms with Gasteiger partial charge in [0.2, 0.25) is 0 Å². The van der Waals surface area contributed by atoms with Crippen LogP contribution >= 0.6 is 0 Å². The highest BCUT2D eigenvalue weighted by Crippen LogP contribution is 2.30. The van der Waals surface area contributed by atoms with Gasteiger partial charge >= 0.3 is 12.1 Å². The average Bonchev–Trinajstić information content (AvgIpc) is 2.73. The molecule has 0 saturated carbocycles. The minimum absolute atomic E-state index is 0.0922. The van der Waals surface area contributed by atoms with Crippen LogP contribution in [0.1, 0.15) is 22.3 Å². The number of carboxylic acids is 1. The zero-order valence-electron chi connectivity index (χ0n) is 17.2. The van der Waals surface area contributed by atoms with Crippen molar-refractivity contribution in [2.24, 2.45) is 0 Å². The highest BCUT2D eigenvalue weighted by Gasteiger charge is 2.29. The Bertz CT molecular complexity index is 1100. The first kappa shape index (κ1) is 22.9. The Morgan fingerprint density at radius 2 is 1.72 bits per heavy atom. The minimum Gasteiger partial charge on any atom is -0.489 e. The van der Waals surface area contributed by atoms with E-state index in [0.717, 1.165) is 17.7 Å². The van der Waals surface area contributed by atoms with Crippen molar-refractivity contribution in [3.63, 3.8) is 0 Å². The monoisotopic (exact) mass is 442 g/mol. The van der Waals surface area contributed by atoms with Crippen LogP contribution in [0.15, 0.2) is 72.8 Å². The number of aliphatic carboxylic acids is 1. The molecule has 0 fully saturated rings. The Kier molecular flexibility index (Phi) is 7.20. The van der Waals surface area contributed by atoms with E-state index >= 15 is 0 Å². The molecule has 1 N–H and O–H groups in total. The Morgan fingerprint density at radius 3 is 2.41 bits per heavy atom. The summed E-state index contributed by atoms with van der Waals surface area (Å²) in [4.78, 5) is 10.9. The summed E-state index contributed by atoms with van der Waals surface area (Å²) in [6, 6.07) is 17.1. The van der Waals surface area contributed by atoms with E-state index in [9.17, 15) is 18.0 Å². The number of halogens is 3. The lowest BCUT2D eigenvalue weighted by Crippen LogP contribution is -2.03. The molecule has 0 saturated heterocycles. The molecule has 0 aliphatic rings. The van der Waals surface area contributed by atoms with E-state index in [1.54, 1.807) is 54.6 Å². The van der Waals surface area contributed by atoms with Crippen LogP contribution in [-0.4, -0.2) is 17.7 Å². The van der Waals surface area contributed by atoms with E-state index in [0.29, 0.717) is 28.4 Å². The number of rotatable bonds is 8. The summed E-state index contributed by atoms with van der Waals surface area (Å²) in [6.07, 6.45) is -1.06. The van der Waals surface area contributed by atoms with Gasteiger partial charge in [-0.3, -0.25) is 4.79 Å². The van der Waals surface area contributed by atoms with Crippen molar-refractivity contribution >= 4 is 12.0 Å². The van der Waals surface area contributed by atoms with E-state index in [4.69, 9.17) is 14.6 Å². The molecule has 0 aromatic heterocycles. The van der Waals surface area contributed by atoms with Crippen molar-refractivity contribution < 1.29 is 32.5 Å². The van der Waals surface area contributed by atoms with Gasteiger partial charge in [0.25, 0.3) is 0 Å². The molecule has 0 aliphatic carbocycles. The van der Waals surface area contributed by atoms with Gasteiger partial charge in [0.05, 0.1) is 12.0 Å². The van der Waals surface area contributed by atoms with Crippen LogP contribution in [0.2, 0.25) is 0 Å². The van der Waals surface area contributed by atoms with Gasteiger partial charge in [-0.15, -0.1) is 0 Å². The molecular formula is C25H21F3O4. The molecule has 0 spiro atoms. The highest BCUT2D eigenvalue weighted by molar-refractivity contribution is 5.70. The quantitative estimate of drug-likeness (QED) is 0.431. The van der Waals surface area contributed by atoms with Gasteiger partial charge in [0.15, 0.2) is 0 Å². The first-order chi connectivity index (χ1) is 15.2. The van der Waals surface area contributed by atoms with Crippen LogP contribution in [-0.2, 0) is 17.4 Å². The third kappa shape index (κ3) is 6.63. The van der Waals surface area contributed by atoms with E-state index in [1.807, 2.05) is 6.92 Å². The lowest BCUT2D eigenvalue weighted by Gasteiger charge is -2.11. The molecule has 0 unspecified atom stereocenters. The van der Waals surface area contributed by atoms with Crippen molar-refractivity contribution in [1.82, 2.24) is 0 Å². The van der Waals surface area contributed by atoms with Gasteiger partial charge in [0, 0.05) is 6.07 Å². The van der Waals surface area contributed by atoms with Crippen LogP contribution in [0, 0.1) is 6.92 Å². The summed E-state index contributed by atoms with van der Waals surface area (Å²) in [7, 11) is 0. The van der Waals surface area contributed by atoms with Crippen LogP contribution in [0.3, 0.4) is 0 Å². The Labute approximate surface area is 183 Å². The van der Waals surface area contributed by atoms with Crippen molar-refractivity contribution in [3.05, 3.63) is 95.1 Å². The summed E-state index contributed by atoms with van der Waals surface area (Å²) in [5.74, 6) is 0.728. The lowest BCUT2D eigenvalue weighted by molar-refractivity contribution is -0.138. The van der Waals surface area contributed by atoms with E-state index < -0.39 is 17.7 Å². The molecule has 0 bridgehead atoms. The van der Waals surface area contributed by atoms with Crippen molar-refractivity contribution in [1.29, 1.82) is 0 Å². The summed E-state index contributed by atoms with van der Waals surface area (Å²) < 4.78 is 49.4. The second kappa shape index (κ2) is 10.0. The number of carbonyl (C=O) groups is 1. The Morgan fingerprint density at radius 1 is 1.00 bits per heavy atom. The number of carboxylic acid groups (broad SMARTS) is 1. The molecule has 0 aliphatic heterocycles. The van der Waals surface area contributed by atoms with E-state index in [2.05, 4.69) is 0 Å². The summed E-state index contributed by atoms with van der Waals surface area (Å²) >= 11 is 0. The number of ether oxygens (including phenoxy) is 2. The topological polar surface area (TPSA) is 55.8 Å². The molecule has 7 heteroatoms. The maximum absolute atomic E-state index is 12.6. The molecule has 0 atom stereocenters. The van der Waals surface area contributed by atoms with Gasteiger partial charge in [-0.1, -0.05) is 36.4 Å². The molecule has 4 nitrogen and oxygen atoms in total. The first-order valence-electron chi connectivity index (χ1n) is 9.76. The van der Waals surface area contributed by atoms with Crippen LogP contribution in [0.4, 0.5) is 13.2 Å². The lowest BCUT2D eigenvalue weighted by atomic mass is 10.1. The molecule has 3 aromatic rings.